The minimum Gasteiger partial charge on any atom is -0.490 e. The Kier molecular flexibility index (Phi) is 5.16. The molecule has 2 aromatic carbocycles. The fourth-order valence-corrected chi connectivity index (χ4v) is 3.66. The molecule has 1 aliphatic carbocycles. The summed E-state index contributed by atoms with van der Waals surface area (Å²) in [4.78, 5) is 18.2. The molecule has 0 spiro atoms. The number of hydrogen-bond donors (Lipinski definition) is 0. The van der Waals surface area contributed by atoms with Gasteiger partial charge in [0.15, 0.2) is 0 Å². The number of ether oxygens (including phenoxy) is 1. The van der Waals surface area contributed by atoms with E-state index in [2.05, 4.69) is 0 Å². The van der Waals surface area contributed by atoms with Crippen LogP contribution in [-0.2, 0) is 9.63 Å². The number of rotatable bonds is 4. The molecule has 5 nitrogen and oxygen atoms in total. The summed E-state index contributed by atoms with van der Waals surface area (Å²) < 4.78 is 46.2. The lowest BCUT2D eigenvalue weighted by Gasteiger charge is -2.37. The van der Waals surface area contributed by atoms with Gasteiger partial charge in [0, 0.05) is 24.5 Å². The molecule has 2 aliphatic rings. The molecule has 4 rings (SSSR count). The molecule has 0 aromatic heterocycles. The highest BCUT2D eigenvalue weighted by Crippen LogP contribution is 2.38. The first-order valence-corrected chi connectivity index (χ1v) is 9.23. The maximum absolute atomic E-state index is 13.5. The monoisotopic (exact) mass is 402 g/mol. The van der Waals surface area contributed by atoms with Gasteiger partial charge in [0.25, 0.3) is 0 Å². The van der Waals surface area contributed by atoms with Crippen molar-refractivity contribution in [2.24, 2.45) is 5.92 Å². The molecule has 0 unspecified atom stereocenters. The molecule has 8 heteroatoms. The second-order valence-corrected chi connectivity index (χ2v) is 7.17. The Morgan fingerprint density at radius 1 is 1.14 bits per heavy atom. The van der Waals surface area contributed by atoms with Crippen molar-refractivity contribution < 1.29 is 27.5 Å². The van der Waals surface area contributed by atoms with Crippen LogP contribution in [0.1, 0.15) is 36.4 Å². The molecule has 29 heavy (non-hydrogen) atoms. The zero-order chi connectivity index (χ0) is 20.5. The van der Waals surface area contributed by atoms with Crippen molar-refractivity contribution in [3.05, 3.63) is 65.0 Å². The summed E-state index contributed by atoms with van der Waals surface area (Å²) in [6.07, 6.45) is 1.08. The highest BCUT2D eigenvalue weighted by Gasteiger charge is 2.43. The third-order valence-corrected chi connectivity index (χ3v) is 5.20. The SMILES string of the molecule is N#Cc1cc(O[C@H]2C[C@H](C(=O)N3OCC[C@H]3c3cc(F)cc(F)c3)C2)ccc1F. The van der Waals surface area contributed by atoms with E-state index in [0.717, 1.165) is 12.1 Å². The van der Waals surface area contributed by atoms with Crippen molar-refractivity contribution >= 4 is 5.91 Å². The number of amides is 1. The largest absolute Gasteiger partial charge is 0.490 e. The summed E-state index contributed by atoms with van der Waals surface area (Å²) in [5.41, 5.74) is 0.251. The number of carbonyl (C=O) groups is 1. The molecule has 2 aromatic rings. The van der Waals surface area contributed by atoms with E-state index in [0.29, 0.717) is 30.6 Å². The Hall–Kier alpha value is -3.05. The van der Waals surface area contributed by atoms with Crippen LogP contribution in [0.5, 0.6) is 5.75 Å². The second-order valence-electron chi connectivity index (χ2n) is 7.17. The van der Waals surface area contributed by atoms with Gasteiger partial charge in [0.1, 0.15) is 35.4 Å². The van der Waals surface area contributed by atoms with Crippen LogP contribution in [-0.4, -0.2) is 23.7 Å². The first-order chi connectivity index (χ1) is 13.9. The van der Waals surface area contributed by atoms with Crippen molar-refractivity contribution in [2.75, 3.05) is 6.61 Å². The molecular weight excluding hydrogens is 385 g/mol. The zero-order valence-electron chi connectivity index (χ0n) is 15.3. The summed E-state index contributed by atoms with van der Waals surface area (Å²) in [7, 11) is 0. The molecular formula is C21H17F3N2O3. The van der Waals surface area contributed by atoms with Gasteiger partial charge in [0.2, 0.25) is 5.91 Å². The summed E-state index contributed by atoms with van der Waals surface area (Å²) in [5, 5.41) is 10.1. The fraction of sp³-hybridized carbons (Fsp3) is 0.333. The fourth-order valence-electron chi connectivity index (χ4n) is 3.66. The number of halogens is 3. The van der Waals surface area contributed by atoms with E-state index in [4.69, 9.17) is 14.8 Å². The van der Waals surface area contributed by atoms with Crippen LogP contribution in [0.25, 0.3) is 0 Å². The van der Waals surface area contributed by atoms with Crippen molar-refractivity contribution in [3.8, 4) is 11.8 Å². The molecule has 1 atom stereocenters. The minimum absolute atomic E-state index is 0.106. The van der Waals surface area contributed by atoms with Crippen molar-refractivity contribution in [1.29, 1.82) is 5.26 Å². The molecule has 0 N–H and O–H groups in total. The number of hydrogen-bond acceptors (Lipinski definition) is 4. The third kappa shape index (κ3) is 3.91. The Morgan fingerprint density at radius 3 is 2.55 bits per heavy atom. The van der Waals surface area contributed by atoms with Crippen LogP contribution >= 0.6 is 0 Å². The summed E-state index contributed by atoms with van der Waals surface area (Å²) in [6.45, 7) is 0.285. The Balaban J connectivity index is 1.38. The van der Waals surface area contributed by atoms with E-state index in [1.807, 2.05) is 0 Å². The number of carbonyl (C=O) groups excluding carboxylic acids is 1. The normalized spacial score (nSPS) is 23.4. The first-order valence-electron chi connectivity index (χ1n) is 9.23. The molecule has 0 bridgehead atoms. The van der Waals surface area contributed by atoms with Crippen molar-refractivity contribution in [1.82, 2.24) is 5.06 Å². The van der Waals surface area contributed by atoms with Gasteiger partial charge in [-0.3, -0.25) is 9.63 Å². The minimum atomic E-state index is -0.701. The van der Waals surface area contributed by atoms with E-state index in [1.165, 1.54) is 29.3 Å². The maximum atomic E-state index is 13.5. The van der Waals surface area contributed by atoms with Crippen LogP contribution in [0.15, 0.2) is 36.4 Å². The molecule has 1 heterocycles. The van der Waals surface area contributed by atoms with E-state index in [9.17, 15) is 18.0 Å². The number of nitrogens with zero attached hydrogens (tertiary/aromatic N) is 2. The van der Waals surface area contributed by atoms with E-state index in [1.54, 1.807) is 6.07 Å². The van der Waals surface area contributed by atoms with Crippen molar-refractivity contribution in [3.63, 3.8) is 0 Å². The smallest absolute Gasteiger partial charge is 0.250 e. The summed E-state index contributed by atoms with van der Waals surface area (Å²) in [6, 6.07) is 8.33. The van der Waals surface area contributed by atoms with Gasteiger partial charge < -0.3 is 4.74 Å². The second kappa shape index (κ2) is 7.76. The first kappa shape index (κ1) is 19.3. The lowest BCUT2D eigenvalue weighted by atomic mass is 9.81. The van der Waals surface area contributed by atoms with Crippen LogP contribution in [0.2, 0.25) is 0 Å². The average molecular weight is 402 g/mol. The molecule has 150 valence electrons. The van der Waals surface area contributed by atoms with Gasteiger partial charge in [-0.2, -0.15) is 5.26 Å². The molecule has 1 amide bonds. The van der Waals surface area contributed by atoms with E-state index < -0.39 is 23.5 Å². The van der Waals surface area contributed by atoms with Gasteiger partial charge in [-0.25, -0.2) is 18.2 Å². The predicted molar refractivity (Wildman–Crippen MR) is 94.8 cm³/mol. The number of hydroxylamine groups is 2. The highest BCUT2D eigenvalue weighted by molar-refractivity contribution is 5.79. The standard InChI is InChI=1S/C21H17F3N2O3/c22-15-5-12(6-16(23)10-15)20-3-4-28-26(20)21(27)13-7-18(8-13)29-17-1-2-19(24)14(9-17)11-25/h1-2,5-6,9-10,13,18,20H,3-4,7-8H2/t13-,18-,20-/m0/s1. The molecule has 0 radical (unpaired) electrons. The Labute approximate surface area is 165 Å². The molecule has 1 saturated heterocycles. The Morgan fingerprint density at radius 2 is 1.86 bits per heavy atom. The molecule has 2 fully saturated rings. The third-order valence-electron chi connectivity index (χ3n) is 5.20. The maximum Gasteiger partial charge on any atom is 0.250 e. The zero-order valence-corrected chi connectivity index (χ0v) is 15.3. The predicted octanol–water partition coefficient (Wildman–Crippen LogP) is 4.04. The van der Waals surface area contributed by atoms with Crippen LogP contribution in [0.3, 0.4) is 0 Å². The Bertz CT molecular complexity index is 965. The molecule has 1 aliphatic heterocycles. The topological polar surface area (TPSA) is 62.6 Å². The van der Waals surface area contributed by atoms with Crippen molar-refractivity contribution in [2.45, 2.75) is 31.4 Å². The van der Waals surface area contributed by atoms with Gasteiger partial charge in [0.05, 0.1) is 18.2 Å². The molecule has 1 saturated carbocycles. The van der Waals surface area contributed by atoms with Gasteiger partial charge >= 0.3 is 0 Å². The van der Waals surface area contributed by atoms with Crippen LogP contribution in [0.4, 0.5) is 13.2 Å². The van der Waals surface area contributed by atoms with E-state index in [-0.39, 0.29) is 30.1 Å². The van der Waals surface area contributed by atoms with Crippen LogP contribution < -0.4 is 4.74 Å². The number of benzene rings is 2. The lowest BCUT2D eigenvalue weighted by molar-refractivity contribution is -0.187. The summed E-state index contributed by atoms with van der Waals surface area (Å²) in [5.74, 6) is -2.25. The van der Waals surface area contributed by atoms with Gasteiger partial charge in [-0.05, 0) is 42.7 Å². The lowest BCUT2D eigenvalue weighted by Crippen LogP contribution is -2.45. The summed E-state index contributed by atoms with van der Waals surface area (Å²) >= 11 is 0. The highest BCUT2D eigenvalue weighted by atomic mass is 19.1. The van der Waals surface area contributed by atoms with E-state index >= 15 is 0 Å². The quantitative estimate of drug-likeness (QED) is 0.775. The van der Waals surface area contributed by atoms with Gasteiger partial charge in [-0.1, -0.05) is 0 Å². The van der Waals surface area contributed by atoms with Crippen LogP contribution in [0, 0.1) is 34.7 Å². The van der Waals surface area contributed by atoms with Gasteiger partial charge in [-0.15, -0.1) is 0 Å². The number of nitriles is 1. The average Bonchev–Trinajstić information content (AvgIpc) is 3.14.